The summed E-state index contributed by atoms with van der Waals surface area (Å²) >= 11 is 6.30. The van der Waals surface area contributed by atoms with Gasteiger partial charge in [-0.1, -0.05) is 29.8 Å². The van der Waals surface area contributed by atoms with E-state index in [-0.39, 0.29) is 5.91 Å². The van der Waals surface area contributed by atoms with E-state index in [0.29, 0.717) is 18.6 Å². The van der Waals surface area contributed by atoms with Gasteiger partial charge in [0.1, 0.15) is 0 Å². The third-order valence-corrected chi connectivity index (χ3v) is 6.64. The van der Waals surface area contributed by atoms with Gasteiger partial charge in [-0.05, 0) is 65.3 Å². The van der Waals surface area contributed by atoms with E-state index in [0.717, 1.165) is 53.5 Å². The lowest BCUT2D eigenvalue weighted by atomic mass is 10.0. The summed E-state index contributed by atoms with van der Waals surface area (Å²) in [4.78, 5) is 17.1. The number of hydrogen-bond donors (Lipinski definition) is 0. The van der Waals surface area contributed by atoms with Crippen LogP contribution in [0.1, 0.15) is 49.2 Å². The number of benzene rings is 1. The average Bonchev–Trinajstić information content (AvgIpc) is 3.00. The van der Waals surface area contributed by atoms with Crippen LogP contribution in [0, 0.1) is 13.8 Å². The van der Waals surface area contributed by atoms with Crippen molar-refractivity contribution in [3.05, 3.63) is 57.9 Å². The summed E-state index contributed by atoms with van der Waals surface area (Å²) < 4.78 is 1.95. The van der Waals surface area contributed by atoms with Crippen LogP contribution in [0.2, 0.25) is 5.02 Å². The standard InChI is InChI=1S/C24H33ClN4O/c1-17(2)27(5)21-12-14-28(15-13-21)24(30)11-10-22-18(3)26-29(19(22)4)16-20-8-6-7-9-23(20)25/h6-11,17,21H,12-16H2,1-5H3/b11-10+. The van der Waals surface area contributed by atoms with E-state index in [2.05, 4.69) is 30.9 Å². The van der Waals surface area contributed by atoms with Crippen LogP contribution in [0.5, 0.6) is 0 Å². The first-order valence-electron chi connectivity index (χ1n) is 10.7. The van der Waals surface area contributed by atoms with Gasteiger partial charge in [0, 0.05) is 47.5 Å². The zero-order valence-electron chi connectivity index (χ0n) is 18.7. The normalized spacial score (nSPS) is 15.7. The van der Waals surface area contributed by atoms with Crippen molar-refractivity contribution in [3.63, 3.8) is 0 Å². The van der Waals surface area contributed by atoms with Gasteiger partial charge in [-0.25, -0.2) is 0 Å². The zero-order valence-corrected chi connectivity index (χ0v) is 19.5. The highest BCUT2D eigenvalue weighted by molar-refractivity contribution is 6.31. The Balaban J connectivity index is 1.64. The number of halogens is 1. The second-order valence-electron chi connectivity index (χ2n) is 8.48. The molecule has 1 amide bonds. The van der Waals surface area contributed by atoms with Gasteiger partial charge in [0.25, 0.3) is 0 Å². The topological polar surface area (TPSA) is 41.4 Å². The van der Waals surface area contributed by atoms with Crippen molar-refractivity contribution in [2.75, 3.05) is 20.1 Å². The number of nitrogens with zero attached hydrogens (tertiary/aromatic N) is 4. The maximum Gasteiger partial charge on any atom is 0.246 e. The van der Waals surface area contributed by atoms with Gasteiger partial charge < -0.3 is 9.80 Å². The largest absolute Gasteiger partial charge is 0.339 e. The van der Waals surface area contributed by atoms with E-state index >= 15 is 0 Å². The van der Waals surface area contributed by atoms with Crippen molar-refractivity contribution >= 4 is 23.6 Å². The number of aromatic nitrogens is 2. The predicted molar refractivity (Wildman–Crippen MR) is 124 cm³/mol. The Morgan fingerprint density at radius 2 is 1.93 bits per heavy atom. The number of carbonyl (C=O) groups is 1. The van der Waals surface area contributed by atoms with Crippen molar-refractivity contribution in [3.8, 4) is 0 Å². The molecule has 30 heavy (non-hydrogen) atoms. The number of hydrogen-bond acceptors (Lipinski definition) is 3. The van der Waals surface area contributed by atoms with Gasteiger partial charge in [0.2, 0.25) is 5.91 Å². The Kier molecular flexibility index (Phi) is 7.37. The van der Waals surface area contributed by atoms with Crippen LogP contribution in [0.4, 0.5) is 0 Å². The Morgan fingerprint density at radius 1 is 1.27 bits per heavy atom. The zero-order chi connectivity index (χ0) is 21.8. The first-order chi connectivity index (χ1) is 14.3. The minimum Gasteiger partial charge on any atom is -0.339 e. The van der Waals surface area contributed by atoms with E-state index in [4.69, 9.17) is 11.6 Å². The number of rotatable bonds is 6. The Bertz CT molecular complexity index is 910. The summed E-state index contributed by atoms with van der Waals surface area (Å²) in [5.74, 6) is 0.0818. The van der Waals surface area contributed by atoms with E-state index in [1.807, 2.05) is 53.8 Å². The molecule has 0 N–H and O–H groups in total. The average molecular weight is 429 g/mol. The lowest BCUT2D eigenvalue weighted by Crippen LogP contribution is -2.47. The number of aryl methyl sites for hydroxylation is 1. The molecule has 0 aliphatic carbocycles. The van der Waals surface area contributed by atoms with Crippen molar-refractivity contribution in [1.82, 2.24) is 19.6 Å². The molecule has 0 unspecified atom stereocenters. The molecule has 1 aromatic heterocycles. The SMILES string of the molecule is Cc1nn(Cc2ccccc2Cl)c(C)c1/C=C/C(=O)N1CCC(N(C)C(C)C)CC1. The number of piperidine rings is 1. The molecule has 0 atom stereocenters. The molecule has 2 aromatic rings. The van der Waals surface area contributed by atoms with Crippen LogP contribution in [-0.4, -0.2) is 57.7 Å². The first kappa shape index (κ1) is 22.6. The van der Waals surface area contributed by atoms with Crippen LogP contribution in [0.3, 0.4) is 0 Å². The summed E-state index contributed by atoms with van der Waals surface area (Å²) in [7, 11) is 2.18. The minimum absolute atomic E-state index is 0.0818. The van der Waals surface area contributed by atoms with E-state index in [1.54, 1.807) is 6.08 Å². The fraction of sp³-hybridized carbons (Fsp3) is 0.500. The van der Waals surface area contributed by atoms with Crippen LogP contribution in [0.15, 0.2) is 30.3 Å². The van der Waals surface area contributed by atoms with Crippen molar-refractivity contribution < 1.29 is 4.79 Å². The maximum absolute atomic E-state index is 12.7. The number of likely N-dealkylation sites (tertiary alicyclic amines) is 1. The summed E-state index contributed by atoms with van der Waals surface area (Å²) in [5.41, 5.74) is 3.99. The van der Waals surface area contributed by atoms with Crippen molar-refractivity contribution in [2.45, 2.75) is 59.2 Å². The monoisotopic (exact) mass is 428 g/mol. The highest BCUT2D eigenvalue weighted by Gasteiger charge is 2.25. The molecule has 1 aromatic carbocycles. The fourth-order valence-corrected chi connectivity index (χ4v) is 4.26. The molecule has 162 valence electrons. The predicted octanol–water partition coefficient (Wildman–Crippen LogP) is 4.55. The summed E-state index contributed by atoms with van der Waals surface area (Å²) in [6.07, 6.45) is 5.67. The lowest BCUT2D eigenvalue weighted by molar-refractivity contribution is -0.127. The molecule has 3 rings (SSSR count). The van der Waals surface area contributed by atoms with E-state index in [1.165, 1.54) is 0 Å². The van der Waals surface area contributed by atoms with Crippen molar-refractivity contribution in [2.24, 2.45) is 0 Å². The fourth-order valence-electron chi connectivity index (χ4n) is 4.07. The molecular weight excluding hydrogens is 396 g/mol. The number of carbonyl (C=O) groups excluding carboxylic acids is 1. The summed E-state index contributed by atoms with van der Waals surface area (Å²) in [5, 5.41) is 5.40. The Hall–Kier alpha value is -2.11. The van der Waals surface area contributed by atoms with Crippen molar-refractivity contribution in [1.29, 1.82) is 0 Å². The van der Waals surface area contributed by atoms with Gasteiger partial charge in [0.05, 0.1) is 12.2 Å². The van der Waals surface area contributed by atoms with Gasteiger partial charge in [-0.2, -0.15) is 5.10 Å². The van der Waals surface area contributed by atoms with Gasteiger partial charge >= 0.3 is 0 Å². The summed E-state index contributed by atoms with van der Waals surface area (Å²) in [6.45, 7) is 10.7. The molecule has 0 spiro atoms. The highest BCUT2D eigenvalue weighted by atomic mass is 35.5. The van der Waals surface area contributed by atoms with Crippen LogP contribution >= 0.6 is 11.6 Å². The third-order valence-electron chi connectivity index (χ3n) is 6.27. The van der Waals surface area contributed by atoms with E-state index in [9.17, 15) is 4.79 Å². The van der Waals surface area contributed by atoms with Crippen LogP contribution in [-0.2, 0) is 11.3 Å². The lowest BCUT2D eigenvalue weighted by Gasteiger charge is -2.38. The molecule has 2 heterocycles. The molecule has 1 aliphatic heterocycles. The second-order valence-corrected chi connectivity index (χ2v) is 8.89. The smallest absolute Gasteiger partial charge is 0.246 e. The Morgan fingerprint density at radius 3 is 2.57 bits per heavy atom. The molecule has 1 saturated heterocycles. The molecule has 1 fully saturated rings. The second kappa shape index (κ2) is 9.80. The summed E-state index contributed by atoms with van der Waals surface area (Å²) in [6, 6.07) is 8.91. The highest BCUT2D eigenvalue weighted by Crippen LogP contribution is 2.21. The molecule has 0 saturated carbocycles. The first-order valence-corrected chi connectivity index (χ1v) is 11.1. The molecule has 1 aliphatic rings. The minimum atomic E-state index is 0.0818. The Labute approximate surface area is 185 Å². The molecule has 0 bridgehead atoms. The van der Waals surface area contributed by atoms with Gasteiger partial charge in [-0.3, -0.25) is 9.48 Å². The maximum atomic E-state index is 12.7. The molecule has 5 nitrogen and oxygen atoms in total. The molecule has 6 heteroatoms. The van der Waals surface area contributed by atoms with E-state index < -0.39 is 0 Å². The van der Waals surface area contributed by atoms with Gasteiger partial charge in [0.15, 0.2) is 0 Å². The third kappa shape index (κ3) is 5.13. The number of amides is 1. The van der Waals surface area contributed by atoms with Gasteiger partial charge in [-0.15, -0.1) is 0 Å². The molecule has 0 radical (unpaired) electrons. The quantitative estimate of drug-likeness (QED) is 0.634. The van der Waals surface area contributed by atoms with Crippen LogP contribution < -0.4 is 0 Å². The van der Waals surface area contributed by atoms with Crippen LogP contribution in [0.25, 0.3) is 6.08 Å². The molecular formula is C24H33ClN4O.